The third kappa shape index (κ3) is 4.58. The van der Waals surface area contributed by atoms with Crippen LogP contribution in [0.4, 0.5) is 11.6 Å². The maximum atomic E-state index is 4.64. The summed E-state index contributed by atoms with van der Waals surface area (Å²) < 4.78 is 0. The molecule has 0 unspecified atom stereocenters. The molecule has 0 aliphatic rings. The molecule has 0 fully saturated rings. The van der Waals surface area contributed by atoms with Crippen LogP contribution in [0.1, 0.15) is 59.9 Å². The molecule has 0 spiro atoms. The molecule has 0 bridgehead atoms. The van der Waals surface area contributed by atoms with Crippen LogP contribution >= 0.6 is 0 Å². The Hall–Kier alpha value is -1.32. The van der Waals surface area contributed by atoms with E-state index in [9.17, 15) is 0 Å². The first-order valence-corrected chi connectivity index (χ1v) is 8.43. The lowest BCUT2D eigenvalue weighted by Crippen LogP contribution is -2.38. The van der Waals surface area contributed by atoms with Gasteiger partial charge in [-0.15, -0.1) is 0 Å². The fraction of sp³-hybridized carbons (Fsp3) is 0.765. The van der Waals surface area contributed by atoms with E-state index in [4.69, 9.17) is 0 Å². The third-order valence-electron chi connectivity index (χ3n) is 3.84. The minimum absolute atomic E-state index is 0.544. The molecule has 0 aromatic carbocycles. The molecule has 0 aliphatic carbocycles. The van der Waals surface area contributed by atoms with E-state index in [-0.39, 0.29) is 0 Å². The Bertz CT molecular complexity index is 413. The van der Waals surface area contributed by atoms with Crippen molar-refractivity contribution in [2.45, 2.75) is 66.8 Å². The summed E-state index contributed by atoms with van der Waals surface area (Å²) >= 11 is 0. The van der Waals surface area contributed by atoms with Gasteiger partial charge in [-0.05, 0) is 32.1 Å². The van der Waals surface area contributed by atoms with E-state index in [1.54, 1.807) is 6.33 Å². The zero-order valence-corrected chi connectivity index (χ0v) is 14.6. The molecule has 0 radical (unpaired) electrons. The number of anilines is 2. The number of aromatic nitrogens is 2. The van der Waals surface area contributed by atoms with Crippen LogP contribution in [0, 0.1) is 5.92 Å². The molecule has 0 saturated heterocycles. The van der Waals surface area contributed by atoms with Crippen LogP contribution in [0.2, 0.25) is 0 Å². The first-order chi connectivity index (χ1) is 10.1. The predicted molar refractivity (Wildman–Crippen MR) is 92.1 cm³/mol. The van der Waals surface area contributed by atoms with Gasteiger partial charge >= 0.3 is 0 Å². The Morgan fingerprint density at radius 2 is 1.76 bits per heavy atom. The molecule has 4 heteroatoms. The molecule has 1 N–H and O–H groups in total. The highest BCUT2D eigenvalue weighted by molar-refractivity contribution is 5.59. The molecule has 0 atom stereocenters. The number of hydrogen-bond donors (Lipinski definition) is 1. The monoisotopic (exact) mass is 292 g/mol. The largest absolute Gasteiger partial charge is 0.370 e. The van der Waals surface area contributed by atoms with Crippen LogP contribution in [0.25, 0.3) is 0 Å². The Morgan fingerprint density at radius 1 is 1.10 bits per heavy atom. The molecule has 21 heavy (non-hydrogen) atoms. The average molecular weight is 292 g/mol. The van der Waals surface area contributed by atoms with E-state index in [1.165, 1.54) is 5.56 Å². The summed E-state index contributed by atoms with van der Waals surface area (Å²) in [5, 5.41) is 3.37. The quantitative estimate of drug-likeness (QED) is 0.743. The van der Waals surface area contributed by atoms with Gasteiger partial charge in [-0.1, -0.05) is 34.6 Å². The van der Waals surface area contributed by atoms with Gasteiger partial charge in [-0.3, -0.25) is 0 Å². The van der Waals surface area contributed by atoms with Gasteiger partial charge in [0.2, 0.25) is 0 Å². The highest BCUT2D eigenvalue weighted by atomic mass is 15.2. The van der Waals surface area contributed by atoms with Gasteiger partial charge in [0.25, 0.3) is 0 Å². The number of hydrogen-bond acceptors (Lipinski definition) is 4. The van der Waals surface area contributed by atoms with E-state index in [0.29, 0.717) is 12.0 Å². The van der Waals surface area contributed by atoms with Crippen molar-refractivity contribution in [1.29, 1.82) is 0 Å². The van der Waals surface area contributed by atoms with Crippen molar-refractivity contribution in [2.24, 2.45) is 5.92 Å². The summed E-state index contributed by atoms with van der Waals surface area (Å²) in [5.74, 6) is 2.73. The Labute approximate surface area is 130 Å². The summed E-state index contributed by atoms with van der Waals surface area (Å²) in [6, 6.07) is 0.544. The second kappa shape index (κ2) is 8.85. The smallest absolute Gasteiger partial charge is 0.137 e. The predicted octanol–water partition coefficient (Wildman–Crippen LogP) is 4.12. The lowest BCUT2D eigenvalue weighted by molar-refractivity contribution is 0.501. The molecule has 1 heterocycles. The fourth-order valence-corrected chi connectivity index (χ4v) is 2.83. The van der Waals surface area contributed by atoms with E-state index in [2.05, 4.69) is 61.7 Å². The summed E-state index contributed by atoms with van der Waals surface area (Å²) in [7, 11) is 0. The SMILES string of the molecule is CCNc1ncnc(N(CC(C)C)C(CC)CC)c1CC. The van der Waals surface area contributed by atoms with Crippen LogP contribution in [0.15, 0.2) is 6.33 Å². The van der Waals surface area contributed by atoms with Crippen molar-refractivity contribution in [1.82, 2.24) is 9.97 Å². The molecule has 0 amide bonds. The zero-order chi connectivity index (χ0) is 15.8. The highest BCUT2D eigenvalue weighted by Crippen LogP contribution is 2.28. The maximum absolute atomic E-state index is 4.64. The molecule has 4 nitrogen and oxygen atoms in total. The van der Waals surface area contributed by atoms with Crippen molar-refractivity contribution in [3.63, 3.8) is 0 Å². The lowest BCUT2D eigenvalue weighted by atomic mass is 10.1. The van der Waals surface area contributed by atoms with Crippen LogP contribution in [0.5, 0.6) is 0 Å². The number of nitrogens with one attached hydrogen (secondary N) is 1. The standard InChI is InChI=1S/C17H32N4/c1-7-14(8-2)21(11-13(5)6)17-15(9-3)16(18-10-4)19-12-20-17/h12-14H,7-11H2,1-6H3,(H,18,19,20). The molecule has 1 rings (SSSR count). The Balaban J connectivity index is 3.25. The molecular weight excluding hydrogens is 260 g/mol. The lowest BCUT2D eigenvalue weighted by Gasteiger charge is -2.34. The van der Waals surface area contributed by atoms with Crippen molar-refractivity contribution >= 4 is 11.6 Å². The van der Waals surface area contributed by atoms with Crippen molar-refractivity contribution in [3.8, 4) is 0 Å². The minimum Gasteiger partial charge on any atom is -0.370 e. The first-order valence-electron chi connectivity index (χ1n) is 8.43. The van der Waals surface area contributed by atoms with Gasteiger partial charge in [0.05, 0.1) is 0 Å². The first kappa shape index (κ1) is 17.7. The third-order valence-corrected chi connectivity index (χ3v) is 3.84. The molecule has 0 saturated carbocycles. The number of rotatable bonds is 9. The minimum atomic E-state index is 0.544. The second-order valence-electron chi connectivity index (χ2n) is 5.92. The zero-order valence-electron chi connectivity index (χ0n) is 14.6. The molecule has 120 valence electrons. The summed E-state index contributed by atoms with van der Waals surface area (Å²) in [6.45, 7) is 15.3. The number of nitrogens with zero attached hydrogens (tertiary/aromatic N) is 3. The van der Waals surface area contributed by atoms with Gasteiger partial charge in [0.1, 0.15) is 18.0 Å². The van der Waals surface area contributed by atoms with Gasteiger partial charge in [0, 0.05) is 24.7 Å². The topological polar surface area (TPSA) is 41.1 Å². The van der Waals surface area contributed by atoms with E-state index >= 15 is 0 Å². The van der Waals surface area contributed by atoms with Crippen LogP contribution in [-0.4, -0.2) is 29.1 Å². The highest BCUT2D eigenvalue weighted by Gasteiger charge is 2.22. The second-order valence-corrected chi connectivity index (χ2v) is 5.92. The maximum Gasteiger partial charge on any atom is 0.137 e. The molecule has 0 aliphatic heterocycles. The van der Waals surface area contributed by atoms with E-state index < -0.39 is 0 Å². The van der Waals surface area contributed by atoms with Crippen LogP contribution in [0.3, 0.4) is 0 Å². The van der Waals surface area contributed by atoms with Crippen LogP contribution in [-0.2, 0) is 6.42 Å². The van der Waals surface area contributed by atoms with Crippen molar-refractivity contribution in [2.75, 3.05) is 23.3 Å². The fourth-order valence-electron chi connectivity index (χ4n) is 2.83. The van der Waals surface area contributed by atoms with Gasteiger partial charge in [-0.2, -0.15) is 0 Å². The van der Waals surface area contributed by atoms with Gasteiger partial charge in [0.15, 0.2) is 0 Å². The average Bonchev–Trinajstić information content (AvgIpc) is 2.47. The summed E-state index contributed by atoms with van der Waals surface area (Å²) in [5.41, 5.74) is 1.24. The summed E-state index contributed by atoms with van der Waals surface area (Å²) in [4.78, 5) is 11.6. The van der Waals surface area contributed by atoms with Gasteiger partial charge in [-0.25, -0.2) is 9.97 Å². The molecule has 1 aromatic heterocycles. The van der Waals surface area contributed by atoms with Crippen molar-refractivity contribution < 1.29 is 0 Å². The van der Waals surface area contributed by atoms with Crippen molar-refractivity contribution in [3.05, 3.63) is 11.9 Å². The van der Waals surface area contributed by atoms with Gasteiger partial charge < -0.3 is 10.2 Å². The Morgan fingerprint density at radius 3 is 2.24 bits per heavy atom. The van der Waals surface area contributed by atoms with Crippen LogP contribution < -0.4 is 10.2 Å². The molecule has 1 aromatic rings. The molecular formula is C17H32N4. The summed E-state index contributed by atoms with van der Waals surface area (Å²) in [6.07, 6.45) is 4.94. The normalized spacial score (nSPS) is 11.2. The Kier molecular flexibility index (Phi) is 7.48. The van der Waals surface area contributed by atoms with E-state index in [0.717, 1.165) is 44.0 Å². The van der Waals surface area contributed by atoms with E-state index in [1.807, 2.05) is 0 Å².